The maximum Gasteiger partial charge on any atom is 0.251 e. The monoisotopic (exact) mass is 220 g/mol. The van der Waals surface area contributed by atoms with Crippen LogP contribution >= 0.6 is 0 Å². The van der Waals surface area contributed by atoms with Crippen LogP contribution in [0.15, 0.2) is 18.2 Å². The number of ether oxygens (including phenoxy) is 1. The van der Waals surface area contributed by atoms with Crippen molar-refractivity contribution >= 4 is 5.91 Å². The number of phenolic OH excluding ortho intramolecular Hbond substituents is 1. The lowest BCUT2D eigenvalue weighted by atomic mass is 10.2. The summed E-state index contributed by atoms with van der Waals surface area (Å²) < 4.78 is 4.85. The number of hydrogen-bond acceptors (Lipinski definition) is 4. The summed E-state index contributed by atoms with van der Waals surface area (Å²) in [6, 6.07) is 6.29. The van der Waals surface area contributed by atoms with Gasteiger partial charge in [-0.3, -0.25) is 4.79 Å². The number of benzene rings is 1. The summed E-state index contributed by atoms with van der Waals surface area (Å²) in [7, 11) is 1.43. The molecule has 0 aliphatic heterocycles. The quantitative estimate of drug-likeness (QED) is 0.743. The lowest BCUT2D eigenvalue weighted by molar-refractivity contribution is 0.0954. The van der Waals surface area contributed by atoms with Crippen molar-refractivity contribution in [2.24, 2.45) is 0 Å². The molecule has 0 aromatic heterocycles. The zero-order valence-corrected chi connectivity index (χ0v) is 8.86. The highest BCUT2D eigenvalue weighted by Gasteiger charge is 2.08. The van der Waals surface area contributed by atoms with Crippen LogP contribution in [0, 0.1) is 11.3 Å². The highest BCUT2D eigenvalue weighted by Crippen LogP contribution is 2.25. The number of carbonyl (C=O) groups is 1. The fraction of sp³-hybridized carbons (Fsp3) is 0.273. The Balaban J connectivity index is 2.70. The van der Waals surface area contributed by atoms with E-state index in [2.05, 4.69) is 5.32 Å². The van der Waals surface area contributed by atoms with Crippen LogP contribution in [0.4, 0.5) is 0 Å². The Bertz CT molecular complexity index is 424. The molecule has 0 aliphatic rings. The topological polar surface area (TPSA) is 82.3 Å². The number of hydrogen-bond donors (Lipinski definition) is 2. The van der Waals surface area contributed by atoms with E-state index in [-0.39, 0.29) is 18.1 Å². The summed E-state index contributed by atoms with van der Waals surface area (Å²) in [4.78, 5) is 11.5. The number of nitrogens with one attached hydrogen (secondary N) is 1. The molecule has 0 bridgehead atoms. The lowest BCUT2D eigenvalue weighted by Gasteiger charge is -2.06. The van der Waals surface area contributed by atoms with E-state index in [9.17, 15) is 9.90 Å². The molecule has 0 radical (unpaired) electrons. The first kappa shape index (κ1) is 11.9. The molecule has 1 aromatic rings. The molecule has 2 N–H and O–H groups in total. The van der Waals surface area contributed by atoms with E-state index >= 15 is 0 Å². The van der Waals surface area contributed by atoms with E-state index in [1.165, 1.54) is 19.2 Å². The smallest absolute Gasteiger partial charge is 0.251 e. The Morgan fingerprint density at radius 3 is 2.94 bits per heavy atom. The fourth-order valence-electron chi connectivity index (χ4n) is 1.17. The number of phenols is 1. The summed E-state index contributed by atoms with van der Waals surface area (Å²) >= 11 is 0. The third-order valence-electron chi connectivity index (χ3n) is 1.96. The van der Waals surface area contributed by atoms with Crippen molar-refractivity contribution in [1.29, 1.82) is 5.26 Å². The Kier molecular flexibility index (Phi) is 4.16. The number of methoxy groups -OCH3 is 1. The van der Waals surface area contributed by atoms with Gasteiger partial charge in [-0.05, 0) is 18.2 Å². The normalized spacial score (nSPS) is 9.25. The molecule has 5 nitrogen and oxygen atoms in total. The fourth-order valence-corrected chi connectivity index (χ4v) is 1.17. The summed E-state index contributed by atoms with van der Waals surface area (Å²) in [5, 5.41) is 20.3. The van der Waals surface area contributed by atoms with E-state index in [4.69, 9.17) is 10.00 Å². The molecular formula is C11H12N2O3. The molecule has 0 spiro atoms. The molecule has 0 heterocycles. The van der Waals surface area contributed by atoms with Crippen molar-refractivity contribution in [3.63, 3.8) is 0 Å². The molecule has 0 saturated carbocycles. The van der Waals surface area contributed by atoms with Gasteiger partial charge in [0.05, 0.1) is 19.6 Å². The third-order valence-corrected chi connectivity index (χ3v) is 1.96. The van der Waals surface area contributed by atoms with Gasteiger partial charge < -0.3 is 15.2 Å². The minimum absolute atomic E-state index is 0.0876. The second kappa shape index (κ2) is 5.61. The van der Waals surface area contributed by atoms with Crippen LogP contribution in [0.25, 0.3) is 0 Å². The second-order valence-electron chi connectivity index (χ2n) is 3.05. The van der Waals surface area contributed by atoms with Crippen LogP contribution < -0.4 is 10.1 Å². The van der Waals surface area contributed by atoms with E-state index in [0.29, 0.717) is 17.9 Å². The van der Waals surface area contributed by atoms with Gasteiger partial charge in [-0.25, -0.2) is 0 Å². The van der Waals surface area contributed by atoms with Gasteiger partial charge in [0.25, 0.3) is 5.91 Å². The molecule has 1 amide bonds. The van der Waals surface area contributed by atoms with Crippen molar-refractivity contribution in [3.05, 3.63) is 23.8 Å². The van der Waals surface area contributed by atoms with Crippen molar-refractivity contribution < 1.29 is 14.6 Å². The third kappa shape index (κ3) is 2.89. The number of aromatic hydroxyl groups is 1. The summed E-state index contributed by atoms with van der Waals surface area (Å²) in [5.74, 6) is -0.0998. The van der Waals surface area contributed by atoms with Crippen LogP contribution in [-0.2, 0) is 0 Å². The van der Waals surface area contributed by atoms with Crippen LogP contribution in [0.2, 0.25) is 0 Å². The number of amides is 1. The van der Waals surface area contributed by atoms with Crippen molar-refractivity contribution in [2.75, 3.05) is 13.7 Å². The average molecular weight is 220 g/mol. The Labute approximate surface area is 93.3 Å². The molecule has 84 valence electrons. The summed E-state index contributed by atoms with van der Waals surface area (Å²) in [6.07, 6.45) is 0.258. The number of nitrogens with zero attached hydrogens (tertiary/aromatic N) is 1. The molecule has 0 aliphatic carbocycles. The predicted molar refractivity (Wildman–Crippen MR) is 57.2 cm³/mol. The van der Waals surface area contributed by atoms with Gasteiger partial charge in [-0.15, -0.1) is 0 Å². The van der Waals surface area contributed by atoms with Gasteiger partial charge in [0, 0.05) is 12.1 Å². The summed E-state index contributed by atoms with van der Waals surface area (Å²) in [6.45, 7) is 0.294. The van der Waals surface area contributed by atoms with Gasteiger partial charge in [0.2, 0.25) is 0 Å². The van der Waals surface area contributed by atoms with E-state index < -0.39 is 0 Å². The van der Waals surface area contributed by atoms with Gasteiger partial charge >= 0.3 is 0 Å². The molecule has 1 rings (SSSR count). The first-order valence-electron chi connectivity index (χ1n) is 4.71. The average Bonchev–Trinajstić information content (AvgIpc) is 2.29. The van der Waals surface area contributed by atoms with Gasteiger partial charge in [0.15, 0.2) is 11.5 Å². The highest BCUT2D eigenvalue weighted by atomic mass is 16.5. The first-order chi connectivity index (χ1) is 7.69. The number of nitriles is 1. The maximum atomic E-state index is 11.5. The van der Waals surface area contributed by atoms with Crippen LogP contribution in [-0.4, -0.2) is 24.7 Å². The largest absolute Gasteiger partial charge is 0.504 e. The van der Waals surface area contributed by atoms with Crippen molar-refractivity contribution in [3.8, 4) is 17.6 Å². The zero-order valence-electron chi connectivity index (χ0n) is 8.86. The second-order valence-corrected chi connectivity index (χ2v) is 3.05. The predicted octanol–water partition coefficient (Wildman–Crippen LogP) is 1.04. The maximum absolute atomic E-state index is 11.5. The molecule has 1 aromatic carbocycles. The zero-order chi connectivity index (χ0) is 12.0. The Hall–Kier alpha value is -2.22. The standard InChI is InChI=1S/C11H12N2O3/c1-16-10-4-3-8(7-9(10)14)11(15)13-6-2-5-12/h3-4,7,14H,2,6H2,1H3,(H,13,15). The molecule has 0 fully saturated rings. The number of carbonyl (C=O) groups excluding carboxylic acids is 1. The highest BCUT2D eigenvalue weighted by molar-refractivity contribution is 5.94. The molecule has 5 heteroatoms. The lowest BCUT2D eigenvalue weighted by Crippen LogP contribution is -2.24. The Morgan fingerprint density at radius 1 is 1.62 bits per heavy atom. The minimum atomic E-state index is -0.326. The van der Waals surface area contributed by atoms with E-state index in [0.717, 1.165) is 0 Å². The first-order valence-corrected chi connectivity index (χ1v) is 4.71. The number of rotatable bonds is 4. The van der Waals surface area contributed by atoms with Crippen molar-refractivity contribution in [2.45, 2.75) is 6.42 Å². The Morgan fingerprint density at radius 2 is 2.38 bits per heavy atom. The van der Waals surface area contributed by atoms with Gasteiger partial charge in [-0.2, -0.15) is 5.26 Å². The molecule has 0 atom stereocenters. The van der Waals surface area contributed by atoms with Gasteiger partial charge in [0.1, 0.15) is 0 Å². The van der Waals surface area contributed by atoms with E-state index in [1.54, 1.807) is 6.07 Å². The molecule has 0 unspecified atom stereocenters. The SMILES string of the molecule is COc1ccc(C(=O)NCCC#N)cc1O. The molecule has 16 heavy (non-hydrogen) atoms. The van der Waals surface area contributed by atoms with Gasteiger partial charge in [-0.1, -0.05) is 0 Å². The minimum Gasteiger partial charge on any atom is -0.504 e. The van der Waals surface area contributed by atoms with E-state index in [1.807, 2.05) is 6.07 Å². The summed E-state index contributed by atoms with van der Waals surface area (Å²) in [5.41, 5.74) is 0.330. The van der Waals surface area contributed by atoms with Crippen LogP contribution in [0.5, 0.6) is 11.5 Å². The molecule has 0 saturated heterocycles. The molecular weight excluding hydrogens is 208 g/mol. The van der Waals surface area contributed by atoms with Crippen molar-refractivity contribution in [1.82, 2.24) is 5.32 Å². The van der Waals surface area contributed by atoms with Crippen LogP contribution in [0.1, 0.15) is 16.8 Å². The van der Waals surface area contributed by atoms with Crippen LogP contribution in [0.3, 0.4) is 0 Å².